The molecule has 0 N–H and O–H groups in total. The number of ether oxygens (including phenoxy) is 2. The number of methoxy groups -OCH3 is 1. The lowest BCUT2D eigenvalue weighted by atomic mass is 10.1. The minimum Gasteiger partial charge on any atom is -0.465 e. The Kier molecular flexibility index (Phi) is 5.02. The zero-order chi connectivity index (χ0) is 13.9. The Morgan fingerprint density at radius 1 is 1.56 bits per heavy atom. The summed E-state index contributed by atoms with van der Waals surface area (Å²) in [5, 5.41) is 0. The van der Waals surface area contributed by atoms with Crippen molar-refractivity contribution in [3.8, 4) is 5.75 Å². The summed E-state index contributed by atoms with van der Waals surface area (Å²) in [6.45, 7) is 0. The molecule has 100 valence electrons. The number of carbonyl (C=O) groups is 1. The van der Waals surface area contributed by atoms with Crippen LogP contribution in [-0.2, 0) is 10.6 Å². The molecule has 1 rings (SSSR count). The lowest BCUT2D eigenvalue weighted by Crippen LogP contribution is -2.21. The van der Waals surface area contributed by atoms with Crippen LogP contribution in [0.25, 0.3) is 0 Å². The Labute approximate surface area is 119 Å². The van der Waals surface area contributed by atoms with E-state index in [-0.39, 0.29) is 20.7 Å². The largest absolute Gasteiger partial charge is 0.573 e. The van der Waals surface area contributed by atoms with Gasteiger partial charge in [0.1, 0.15) is 9.26 Å². The van der Waals surface area contributed by atoms with Crippen LogP contribution in [0.3, 0.4) is 0 Å². The van der Waals surface area contributed by atoms with Crippen LogP contribution in [-0.4, -0.2) is 24.4 Å². The molecule has 0 unspecified atom stereocenters. The molecule has 4 nitrogen and oxygen atoms in total. The first-order valence-corrected chi connectivity index (χ1v) is 5.99. The molecule has 0 amide bonds. The van der Waals surface area contributed by atoms with Gasteiger partial charge in [-0.3, -0.25) is 0 Å². The molecule has 1 aromatic rings. The third kappa shape index (κ3) is 3.61. The summed E-state index contributed by atoms with van der Waals surface area (Å²) < 4.78 is 44.9. The summed E-state index contributed by atoms with van der Waals surface area (Å²) in [5.41, 5.74) is -0.271. The number of aromatic nitrogens is 1. The number of rotatable bonds is 3. The third-order valence-corrected chi connectivity index (χ3v) is 2.88. The van der Waals surface area contributed by atoms with Crippen molar-refractivity contribution in [2.45, 2.75) is 12.2 Å². The van der Waals surface area contributed by atoms with Crippen molar-refractivity contribution < 1.29 is 27.4 Å². The van der Waals surface area contributed by atoms with E-state index in [0.717, 1.165) is 7.11 Å². The summed E-state index contributed by atoms with van der Waals surface area (Å²) in [7, 11) is 1.05. The predicted molar refractivity (Wildman–Crippen MR) is 64.5 cm³/mol. The second-order valence-corrected chi connectivity index (χ2v) is 4.24. The molecular formula is C9H6ClF3INO3. The number of alkyl halides is 4. The quantitative estimate of drug-likeness (QED) is 0.342. The predicted octanol–water partition coefficient (Wildman–Crippen LogP) is 3.11. The van der Waals surface area contributed by atoms with E-state index in [2.05, 4.69) is 14.5 Å². The SMILES string of the molecule is COC(=O)c1c(CCl)cnc(I)c1OC(F)(F)F. The molecule has 0 aromatic carbocycles. The molecule has 0 fully saturated rings. The maximum atomic E-state index is 12.3. The third-order valence-electron chi connectivity index (χ3n) is 1.82. The van der Waals surface area contributed by atoms with Gasteiger partial charge in [0.25, 0.3) is 0 Å². The summed E-state index contributed by atoms with van der Waals surface area (Å²) in [5.74, 6) is -1.86. The molecule has 0 radical (unpaired) electrons. The van der Waals surface area contributed by atoms with Gasteiger partial charge in [0.15, 0.2) is 5.75 Å². The molecule has 0 saturated carbocycles. The average Bonchev–Trinajstić information content (AvgIpc) is 2.29. The summed E-state index contributed by atoms with van der Waals surface area (Å²) in [6, 6.07) is 0. The highest BCUT2D eigenvalue weighted by Gasteiger charge is 2.35. The molecule has 0 aliphatic carbocycles. The van der Waals surface area contributed by atoms with E-state index in [1.165, 1.54) is 28.8 Å². The van der Waals surface area contributed by atoms with Gasteiger partial charge >= 0.3 is 12.3 Å². The van der Waals surface area contributed by atoms with Crippen molar-refractivity contribution in [3.05, 3.63) is 21.0 Å². The summed E-state index contributed by atoms with van der Waals surface area (Å²) in [4.78, 5) is 15.2. The maximum Gasteiger partial charge on any atom is 0.573 e. The number of hydrogen-bond acceptors (Lipinski definition) is 4. The zero-order valence-corrected chi connectivity index (χ0v) is 11.8. The van der Waals surface area contributed by atoms with E-state index < -0.39 is 18.1 Å². The number of pyridine rings is 1. The summed E-state index contributed by atoms with van der Waals surface area (Å²) >= 11 is 7.06. The molecule has 1 aromatic heterocycles. The Balaban J connectivity index is 3.41. The lowest BCUT2D eigenvalue weighted by molar-refractivity contribution is -0.275. The van der Waals surface area contributed by atoms with Crippen LogP contribution in [0.15, 0.2) is 6.20 Å². The van der Waals surface area contributed by atoms with Crippen LogP contribution in [0.2, 0.25) is 0 Å². The minimum atomic E-state index is -4.94. The number of carbonyl (C=O) groups excluding carboxylic acids is 1. The Morgan fingerprint density at radius 3 is 2.61 bits per heavy atom. The van der Waals surface area contributed by atoms with Crippen molar-refractivity contribution >= 4 is 40.2 Å². The fourth-order valence-corrected chi connectivity index (χ4v) is 1.86. The topological polar surface area (TPSA) is 48.4 Å². The van der Waals surface area contributed by atoms with Gasteiger partial charge in [0.05, 0.1) is 7.11 Å². The fraction of sp³-hybridized carbons (Fsp3) is 0.333. The normalized spacial score (nSPS) is 11.2. The summed E-state index contributed by atoms with van der Waals surface area (Å²) in [6.07, 6.45) is -3.74. The standard InChI is InChI=1S/C9H6ClF3INO3/c1-17-8(16)5-4(2-10)3-15-7(14)6(5)18-9(11,12)13/h3H,2H2,1H3. The fourth-order valence-electron chi connectivity index (χ4n) is 1.14. The molecular weight excluding hydrogens is 389 g/mol. The first kappa shape index (κ1) is 15.3. The second-order valence-electron chi connectivity index (χ2n) is 2.95. The number of halogens is 5. The van der Waals surface area contributed by atoms with Crippen molar-refractivity contribution in [2.75, 3.05) is 7.11 Å². The molecule has 1 heterocycles. The number of esters is 1. The molecule has 0 aliphatic rings. The van der Waals surface area contributed by atoms with Crippen molar-refractivity contribution in [1.82, 2.24) is 4.98 Å². The van der Waals surface area contributed by atoms with Crippen molar-refractivity contribution in [3.63, 3.8) is 0 Å². The van der Waals surface area contributed by atoms with Gasteiger partial charge in [-0.25, -0.2) is 9.78 Å². The molecule has 0 saturated heterocycles. The van der Waals surface area contributed by atoms with Crippen LogP contribution in [0.5, 0.6) is 5.75 Å². The van der Waals surface area contributed by atoms with Gasteiger partial charge in [-0.15, -0.1) is 24.8 Å². The van der Waals surface area contributed by atoms with Crippen LogP contribution < -0.4 is 4.74 Å². The van der Waals surface area contributed by atoms with Gasteiger partial charge in [0, 0.05) is 17.6 Å². The highest BCUT2D eigenvalue weighted by molar-refractivity contribution is 14.1. The average molecular weight is 396 g/mol. The minimum absolute atomic E-state index is 0.100. The van der Waals surface area contributed by atoms with Crippen LogP contribution in [0.1, 0.15) is 15.9 Å². The van der Waals surface area contributed by atoms with E-state index in [1.807, 2.05) is 0 Å². The van der Waals surface area contributed by atoms with Crippen molar-refractivity contribution in [1.29, 1.82) is 0 Å². The highest BCUT2D eigenvalue weighted by atomic mass is 127. The molecule has 0 aliphatic heterocycles. The van der Waals surface area contributed by atoms with Gasteiger partial charge in [0.2, 0.25) is 0 Å². The Morgan fingerprint density at radius 2 is 2.17 bits per heavy atom. The van der Waals surface area contributed by atoms with Gasteiger partial charge in [-0.05, 0) is 22.6 Å². The van der Waals surface area contributed by atoms with Crippen LogP contribution >= 0.6 is 34.2 Å². The zero-order valence-electron chi connectivity index (χ0n) is 8.85. The van der Waals surface area contributed by atoms with E-state index in [9.17, 15) is 18.0 Å². The molecule has 18 heavy (non-hydrogen) atoms. The van der Waals surface area contributed by atoms with Gasteiger partial charge in [-0.1, -0.05) is 0 Å². The smallest absolute Gasteiger partial charge is 0.465 e. The second kappa shape index (κ2) is 5.91. The van der Waals surface area contributed by atoms with Crippen LogP contribution in [0.4, 0.5) is 13.2 Å². The van der Waals surface area contributed by atoms with Gasteiger partial charge in [-0.2, -0.15) is 0 Å². The lowest BCUT2D eigenvalue weighted by Gasteiger charge is -2.15. The first-order valence-electron chi connectivity index (χ1n) is 4.37. The molecule has 0 spiro atoms. The number of hydrogen-bond donors (Lipinski definition) is 0. The first-order chi connectivity index (χ1) is 8.30. The van der Waals surface area contributed by atoms with Crippen molar-refractivity contribution in [2.24, 2.45) is 0 Å². The molecule has 0 bridgehead atoms. The Bertz CT molecular complexity index is 467. The maximum absolute atomic E-state index is 12.3. The van der Waals surface area contributed by atoms with E-state index >= 15 is 0 Å². The molecule has 9 heteroatoms. The monoisotopic (exact) mass is 395 g/mol. The van der Waals surface area contributed by atoms with Crippen LogP contribution in [0, 0.1) is 3.70 Å². The highest BCUT2D eigenvalue weighted by Crippen LogP contribution is 2.33. The van der Waals surface area contributed by atoms with Gasteiger partial charge < -0.3 is 9.47 Å². The van der Waals surface area contributed by atoms with E-state index in [0.29, 0.717) is 0 Å². The number of nitrogens with zero attached hydrogens (tertiary/aromatic N) is 1. The van der Waals surface area contributed by atoms with E-state index in [4.69, 9.17) is 11.6 Å². The van der Waals surface area contributed by atoms with E-state index in [1.54, 1.807) is 0 Å². The Hall–Kier alpha value is -0.770. The molecule has 0 atom stereocenters.